The molecule has 0 bridgehead atoms. The highest BCUT2D eigenvalue weighted by molar-refractivity contribution is 5.77. The standard InChI is InChI=1S/C15H14O3/c1-18-13-8-7-12(9-15(16)17)14(10-13)11-5-3-2-4-6-11/h2-8,10H,9H2,1H3,(H,16,17). The van der Waals surface area contributed by atoms with Gasteiger partial charge in [0.1, 0.15) is 5.75 Å². The molecule has 0 spiro atoms. The van der Waals surface area contributed by atoms with Crippen LogP contribution >= 0.6 is 0 Å². The Morgan fingerprint density at radius 2 is 1.89 bits per heavy atom. The summed E-state index contributed by atoms with van der Waals surface area (Å²) in [5, 5.41) is 8.93. The van der Waals surface area contributed by atoms with Crippen LogP contribution in [0, 0.1) is 0 Å². The third-order valence-corrected chi connectivity index (χ3v) is 2.74. The Labute approximate surface area is 106 Å². The monoisotopic (exact) mass is 242 g/mol. The Morgan fingerprint density at radius 1 is 1.17 bits per heavy atom. The zero-order valence-electron chi connectivity index (χ0n) is 10.1. The number of hydrogen-bond donors (Lipinski definition) is 1. The van der Waals surface area contributed by atoms with E-state index in [1.165, 1.54) is 0 Å². The average molecular weight is 242 g/mol. The molecule has 0 radical (unpaired) electrons. The average Bonchev–Trinajstić information content (AvgIpc) is 2.39. The van der Waals surface area contributed by atoms with Gasteiger partial charge in [0.05, 0.1) is 13.5 Å². The Bertz CT molecular complexity index is 547. The van der Waals surface area contributed by atoms with Gasteiger partial charge in [0, 0.05) is 0 Å². The van der Waals surface area contributed by atoms with E-state index in [0.29, 0.717) is 0 Å². The van der Waals surface area contributed by atoms with Crippen molar-refractivity contribution in [2.24, 2.45) is 0 Å². The molecular formula is C15H14O3. The number of methoxy groups -OCH3 is 1. The van der Waals surface area contributed by atoms with Crippen molar-refractivity contribution in [1.82, 2.24) is 0 Å². The van der Waals surface area contributed by atoms with Crippen molar-refractivity contribution < 1.29 is 14.6 Å². The summed E-state index contributed by atoms with van der Waals surface area (Å²) < 4.78 is 5.19. The van der Waals surface area contributed by atoms with E-state index in [1.54, 1.807) is 19.2 Å². The van der Waals surface area contributed by atoms with Gasteiger partial charge in [0.2, 0.25) is 0 Å². The highest BCUT2D eigenvalue weighted by atomic mass is 16.5. The first-order chi connectivity index (χ1) is 8.70. The van der Waals surface area contributed by atoms with E-state index in [1.807, 2.05) is 36.4 Å². The minimum absolute atomic E-state index is 0.00816. The molecule has 0 unspecified atom stereocenters. The fraction of sp³-hybridized carbons (Fsp3) is 0.133. The molecule has 0 saturated carbocycles. The molecule has 18 heavy (non-hydrogen) atoms. The molecule has 0 saturated heterocycles. The number of carboxylic acids is 1. The predicted molar refractivity (Wildman–Crippen MR) is 69.8 cm³/mol. The lowest BCUT2D eigenvalue weighted by atomic mass is 9.97. The minimum atomic E-state index is -0.836. The number of hydrogen-bond acceptors (Lipinski definition) is 2. The van der Waals surface area contributed by atoms with Crippen molar-refractivity contribution in [3.8, 4) is 16.9 Å². The third-order valence-electron chi connectivity index (χ3n) is 2.74. The summed E-state index contributed by atoms with van der Waals surface area (Å²) >= 11 is 0. The van der Waals surface area contributed by atoms with E-state index in [-0.39, 0.29) is 6.42 Å². The Hall–Kier alpha value is -2.29. The number of carbonyl (C=O) groups is 1. The van der Waals surface area contributed by atoms with Gasteiger partial charge in [0.25, 0.3) is 0 Å². The minimum Gasteiger partial charge on any atom is -0.497 e. The summed E-state index contributed by atoms with van der Waals surface area (Å²) in [4.78, 5) is 10.9. The highest BCUT2D eigenvalue weighted by Gasteiger charge is 2.09. The second-order valence-corrected chi connectivity index (χ2v) is 3.96. The van der Waals surface area contributed by atoms with Gasteiger partial charge in [-0.05, 0) is 28.8 Å². The quantitative estimate of drug-likeness (QED) is 0.896. The van der Waals surface area contributed by atoms with Crippen LogP contribution in [0.5, 0.6) is 5.75 Å². The van der Waals surface area contributed by atoms with Gasteiger partial charge in [-0.2, -0.15) is 0 Å². The molecule has 0 aromatic heterocycles. The first-order valence-corrected chi connectivity index (χ1v) is 5.65. The molecule has 92 valence electrons. The van der Waals surface area contributed by atoms with Crippen molar-refractivity contribution in [2.75, 3.05) is 7.11 Å². The normalized spacial score (nSPS) is 10.1. The van der Waals surface area contributed by atoms with Crippen LogP contribution in [0.4, 0.5) is 0 Å². The van der Waals surface area contributed by atoms with Gasteiger partial charge in [-0.15, -0.1) is 0 Å². The van der Waals surface area contributed by atoms with Crippen LogP contribution in [0.2, 0.25) is 0 Å². The Morgan fingerprint density at radius 3 is 2.50 bits per heavy atom. The van der Waals surface area contributed by atoms with Crippen LogP contribution in [-0.2, 0) is 11.2 Å². The van der Waals surface area contributed by atoms with E-state index >= 15 is 0 Å². The highest BCUT2D eigenvalue weighted by Crippen LogP contribution is 2.28. The van der Waals surface area contributed by atoms with Crippen LogP contribution in [0.1, 0.15) is 5.56 Å². The molecule has 0 heterocycles. The fourth-order valence-electron chi connectivity index (χ4n) is 1.89. The van der Waals surface area contributed by atoms with E-state index in [0.717, 1.165) is 22.4 Å². The zero-order valence-corrected chi connectivity index (χ0v) is 10.1. The van der Waals surface area contributed by atoms with Crippen molar-refractivity contribution in [1.29, 1.82) is 0 Å². The maximum absolute atomic E-state index is 10.9. The van der Waals surface area contributed by atoms with Crippen molar-refractivity contribution >= 4 is 5.97 Å². The smallest absolute Gasteiger partial charge is 0.307 e. The van der Waals surface area contributed by atoms with Crippen LogP contribution in [0.25, 0.3) is 11.1 Å². The van der Waals surface area contributed by atoms with E-state index < -0.39 is 5.97 Å². The summed E-state index contributed by atoms with van der Waals surface area (Å²) in [5.41, 5.74) is 2.68. The first kappa shape index (κ1) is 12.2. The van der Waals surface area contributed by atoms with E-state index in [9.17, 15) is 4.79 Å². The number of rotatable bonds is 4. The molecule has 0 atom stereocenters. The molecule has 0 aliphatic rings. The lowest BCUT2D eigenvalue weighted by Crippen LogP contribution is -2.02. The summed E-state index contributed by atoms with van der Waals surface area (Å²) in [7, 11) is 1.60. The number of benzene rings is 2. The van der Waals surface area contributed by atoms with E-state index in [2.05, 4.69) is 0 Å². The topological polar surface area (TPSA) is 46.5 Å². The molecule has 1 N–H and O–H groups in total. The SMILES string of the molecule is COc1ccc(CC(=O)O)c(-c2ccccc2)c1. The van der Waals surface area contributed by atoms with Gasteiger partial charge in [-0.25, -0.2) is 0 Å². The number of carboxylic acid groups (broad SMARTS) is 1. The summed E-state index contributed by atoms with van der Waals surface area (Å²) in [6.07, 6.45) is 0.00816. The van der Waals surface area contributed by atoms with Gasteiger partial charge in [-0.3, -0.25) is 4.79 Å². The second-order valence-electron chi connectivity index (χ2n) is 3.96. The third kappa shape index (κ3) is 2.69. The van der Waals surface area contributed by atoms with Crippen LogP contribution in [0.3, 0.4) is 0 Å². The van der Waals surface area contributed by atoms with Gasteiger partial charge in [0.15, 0.2) is 0 Å². The van der Waals surface area contributed by atoms with Gasteiger partial charge in [-0.1, -0.05) is 36.4 Å². The first-order valence-electron chi connectivity index (χ1n) is 5.65. The summed E-state index contributed by atoms with van der Waals surface area (Å²) in [6, 6.07) is 15.2. The number of ether oxygens (including phenoxy) is 1. The van der Waals surface area contributed by atoms with Gasteiger partial charge < -0.3 is 9.84 Å². The largest absolute Gasteiger partial charge is 0.497 e. The predicted octanol–water partition coefficient (Wildman–Crippen LogP) is 2.99. The molecule has 0 amide bonds. The van der Waals surface area contributed by atoms with Crippen molar-refractivity contribution in [2.45, 2.75) is 6.42 Å². The molecule has 0 aliphatic carbocycles. The van der Waals surface area contributed by atoms with Crippen LogP contribution < -0.4 is 4.74 Å². The van der Waals surface area contributed by atoms with Crippen LogP contribution in [-0.4, -0.2) is 18.2 Å². The molecule has 3 heteroatoms. The summed E-state index contributed by atoms with van der Waals surface area (Å²) in [5.74, 6) is -0.111. The van der Waals surface area contributed by atoms with E-state index in [4.69, 9.17) is 9.84 Å². The zero-order chi connectivity index (χ0) is 13.0. The molecule has 2 aromatic carbocycles. The maximum atomic E-state index is 10.9. The van der Waals surface area contributed by atoms with Gasteiger partial charge >= 0.3 is 5.97 Å². The van der Waals surface area contributed by atoms with Crippen LogP contribution in [0.15, 0.2) is 48.5 Å². The molecule has 3 nitrogen and oxygen atoms in total. The molecule has 0 fully saturated rings. The summed E-state index contributed by atoms with van der Waals surface area (Å²) in [6.45, 7) is 0. The van der Waals surface area contributed by atoms with Crippen molar-refractivity contribution in [3.63, 3.8) is 0 Å². The molecular weight excluding hydrogens is 228 g/mol. The Kier molecular flexibility index (Phi) is 3.63. The van der Waals surface area contributed by atoms with Crippen molar-refractivity contribution in [3.05, 3.63) is 54.1 Å². The lowest BCUT2D eigenvalue weighted by Gasteiger charge is -2.10. The second kappa shape index (κ2) is 5.36. The fourth-order valence-corrected chi connectivity index (χ4v) is 1.89. The molecule has 0 aliphatic heterocycles. The molecule has 2 aromatic rings. The number of aliphatic carboxylic acids is 1. The Balaban J connectivity index is 2.51. The molecule has 2 rings (SSSR count). The lowest BCUT2D eigenvalue weighted by molar-refractivity contribution is -0.136. The maximum Gasteiger partial charge on any atom is 0.307 e.